The Hall–Kier alpha value is -3.80. The number of piperidine rings is 1. The minimum absolute atomic E-state index is 0.0952. The Bertz CT molecular complexity index is 1520. The van der Waals surface area contributed by atoms with Crippen LogP contribution in [0.3, 0.4) is 0 Å². The number of hydrogen-bond donors (Lipinski definition) is 1. The lowest BCUT2D eigenvalue weighted by atomic mass is 9.99. The molecule has 0 bridgehead atoms. The van der Waals surface area contributed by atoms with E-state index in [1.54, 1.807) is 17.0 Å². The van der Waals surface area contributed by atoms with E-state index in [2.05, 4.69) is 10.00 Å². The third-order valence-corrected chi connectivity index (χ3v) is 8.74. The van der Waals surface area contributed by atoms with Gasteiger partial charge in [0.25, 0.3) is 0 Å². The molecule has 1 aliphatic carbocycles. The zero-order valence-corrected chi connectivity index (χ0v) is 23.9. The molecule has 3 aromatic rings. The first-order valence-corrected chi connectivity index (χ1v) is 14.6. The number of halogens is 5. The summed E-state index contributed by atoms with van der Waals surface area (Å²) in [5.41, 5.74) is 1.40. The lowest BCUT2D eigenvalue weighted by Crippen LogP contribution is -2.49. The van der Waals surface area contributed by atoms with E-state index in [1.165, 1.54) is 0 Å². The van der Waals surface area contributed by atoms with Gasteiger partial charge in [0, 0.05) is 61.2 Å². The summed E-state index contributed by atoms with van der Waals surface area (Å²) in [4.78, 5) is 29.7. The lowest BCUT2D eigenvalue weighted by molar-refractivity contribution is -0.145. The number of hydrogen-bond acceptors (Lipinski definition) is 5. The van der Waals surface area contributed by atoms with Crippen LogP contribution in [0.2, 0.25) is 5.02 Å². The molecule has 3 aliphatic rings. The van der Waals surface area contributed by atoms with Crippen molar-refractivity contribution in [2.45, 2.75) is 37.7 Å². The van der Waals surface area contributed by atoms with Gasteiger partial charge < -0.3 is 19.8 Å². The average molecular weight is 620 g/mol. The van der Waals surface area contributed by atoms with Crippen LogP contribution in [-0.4, -0.2) is 77.1 Å². The molecule has 0 spiro atoms. The highest BCUT2D eigenvalue weighted by Gasteiger charge is 2.46. The Labute approximate surface area is 250 Å². The fourth-order valence-corrected chi connectivity index (χ4v) is 6.32. The van der Waals surface area contributed by atoms with Gasteiger partial charge in [-0.05, 0) is 49.1 Å². The van der Waals surface area contributed by atoms with Crippen LogP contribution in [0, 0.1) is 5.92 Å². The summed E-state index contributed by atoms with van der Waals surface area (Å²) in [6.07, 6.45) is -3.78. The normalized spacial score (nSPS) is 22.5. The molecule has 8 nitrogen and oxygen atoms in total. The smallest absolute Gasteiger partial charge is 0.433 e. The molecule has 1 aromatic heterocycles. The number of rotatable bonds is 6. The second-order valence-corrected chi connectivity index (χ2v) is 11.7. The highest BCUT2D eigenvalue weighted by molar-refractivity contribution is 6.31. The first-order valence-electron chi connectivity index (χ1n) is 14.2. The zero-order valence-electron chi connectivity index (χ0n) is 23.1. The minimum atomic E-state index is -4.87. The molecule has 43 heavy (non-hydrogen) atoms. The molecule has 1 N–H and O–H groups in total. The average Bonchev–Trinajstić information content (AvgIpc) is 3.54. The topological polar surface area (TPSA) is 81.9 Å². The Morgan fingerprint density at radius 2 is 1.67 bits per heavy atom. The van der Waals surface area contributed by atoms with Gasteiger partial charge in [0.1, 0.15) is 11.7 Å². The maximum atomic E-state index is 13.9. The zero-order chi connectivity index (χ0) is 30.5. The number of carboxylic acids is 1. The van der Waals surface area contributed by atoms with E-state index in [1.807, 2.05) is 35.2 Å². The second-order valence-electron chi connectivity index (χ2n) is 11.3. The van der Waals surface area contributed by atoms with Crippen molar-refractivity contribution >= 4 is 34.9 Å². The maximum absolute atomic E-state index is 13.9. The van der Waals surface area contributed by atoms with Crippen LogP contribution < -0.4 is 9.80 Å². The summed E-state index contributed by atoms with van der Waals surface area (Å²) in [6, 6.07) is 12.7. The Morgan fingerprint density at radius 1 is 0.977 bits per heavy atom. The summed E-state index contributed by atoms with van der Waals surface area (Å²) in [5, 5.41) is 13.7. The Kier molecular flexibility index (Phi) is 7.74. The molecule has 0 radical (unpaired) electrons. The number of carbonyl (C=O) groups is 2. The van der Waals surface area contributed by atoms with Gasteiger partial charge in [-0.3, -0.25) is 9.48 Å². The number of carbonyl (C=O) groups excluding carboxylic acids is 1. The lowest BCUT2D eigenvalue weighted by Gasteiger charge is -2.37. The van der Waals surface area contributed by atoms with Crippen LogP contribution in [0.15, 0.2) is 48.7 Å². The van der Waals surface area contributed by atoms with Crippen molar-refractivity contribution in [1.29, 1.82) is 0 Å². The molecule has 1 saturated carbocycles. The maximum Gasteiger partial charge on any atom is 0.433 e. The van der Waals surface area contributed by atoms with Gasteiger partial charge in [-0.1, -0.05) is 29.8 Å². The summed E-state index contributed by atoms with van der Waals surface area (Å²) in [7, 11) is 0. The highest BCUT2D eigenvalue weighted by Crippen LogP contribution is 2.40. The predicted octanol–water partition coefficient (Wildman–Crippen LogP) is 5.77. The monoisotopic (exact) mass is 619 g/mol. The molecular weight excluding hydrogens is 590 g/mol. The third-order valence-electron chi connectivity index (χ3n) is 8.50. The van der Waals surface area contributed by atoms with Crippen molar-refractivity contribution in [3.63, 3.8) is 0 Å². The summed E-state index contributed by atoms with van der Waals surface area (Å²) in [6.45, 7) is 3.16. The number of anilines is 2. The molecule has 6 rings (SSSR count). The largest absolute Gasteiger partial charge is 0.478 e. The molecule has 2 aromatic carbocycles. The Morgan fingerprint density at radius 3 is 2.30 bits per heavy atom. The SMILES string of the molecule is O=C(O)c1cnn(C2CCCN(c3cc(Cl)ccc3-c3ccc(N4CCN(C(=O)[C@@H]5C[C@@H]5F)CC4)cc3)C2)c1C(F)(F)F. The first-order chi connectivity index (χ1) is 20.5. The van der Waals surface area contributed by atoms with Gasteiger partial charge in [0.15, 0.2) is 5.69 Å². The van der Waals surface area contributed by atoms with E-state index in [9.17, 15) is 32.3 Å². The molecule has 3 atom stereocenters. The van der Waals surface area contributed by atoms with E-state index in [4.69, 9.17) is 11.6 Å². The second kappa shape index (κ2) is 11.4. The van der Waals surface area contributed by atoms with Crippen molar-refractivity contribution in [3.05, 3.63) is 64.9 Å². The van der Waals surface area contributed by atoms with Gasteiger partial charge in [0.2, 0.25) is 5.91 Å². The van der Waals surface area contributed by atoms with E-state index in [-0.39, 0.29) is 12.5 Å². The molecule has 13 heteroatoms. The van der Waals surface area contributed by atoms with Crippen molar-refractivity contribution in [1.82, 2.24) is 14.7 Å². The number of piperazine rings is 1. The van der Waals surface area contributed by atoms with Crippen LogP contribution in [0.5, 0.6) is 0 Å². The molecule has 2 saturated heterocycles. The number of aromatic nitrogens is 2. The van der Waals surface area contributed by atoms with Gasteiger partial charge >= 0.3 is 12.1 Å². The minimum Gasteiger partial charge on any atom is -0.478 e. The van der Waals surface area contributed by atoms with Crippen molar-refractivity contribution in [3.8, 4) is 11.1 Å². The number of benzene rings is 2. The van der Waals surface area contributed by atoms with Crippen LogP contribution in [-0.2, 0) is 11.0 Å². The van der Waals surface area contributed by atoms with E-state index in [0.717, 1.165) is 33.4 Å². The summed E-state index contributed by atoms with van der Waals surface area (Å²) in [5.74, 6) is -2.24. The standard InChI is InChI=1S/C30H30ClF4N5O3/c31-19-5-8-22(18-3-6-20(7-4-18)37-10-12-38(13-11-37)28(41)23-15-25(23)32)26(14-19)39-9-1-2-21(17-39)40-27(30(33,34)35)24(16-36-40)29(42)43/h3-8,14,16,21,23,25H,1-2,9-13,15,17H2,(H,42,43)/t21?,23-,25+/m1/s1. The Balaban J connectivity index is 1.20. The molecular formula is C30H30ClF4N5O3. The number of alkyl halides is 4. The number of nitrogens with zero attached hydrogens (tertiary/aromatic N) is 5. The van der Waals surface area contributed by atoms with Gasteiger partial charge in [-0.15, -0.1) is 0 Å². The fraction of sp³-hybridized carbons (Fsp3) is 0.433. The predicted molar refractivity (Wildman–Crippen MR) is 153 cm³/mol. The van der Waals surface area contributed by atoms with Gasteiger partial charge in [0.05, 0.1) is 18.2 Å². The van der Waals surface area contributed by atoms with E-state index in [0.29, 0.717) is 57.0 Å². The van der Waals surface area contributed by atoms with Crippen molar-refractivity contribution in [2.75, 3.05) is 49.1 Å². The molecule has 3 heterocycles. The molecule has 1 amide bonds. The van der Waals surface area contributed by atoms with Gasteiger partial charge in [-0.25, -0.2) is 9.18 Å². The van der Waals surface area contributed by atoms with E-state index >= 15 is 0 Å². The first kappa shape index (κ1) is 29.3. The third kappa shape index (κ3) is 5.89. The van der Waals surface area contributed by atoms with E-state index < -0.39 is 41.5 Å². The molecule has 3 fully saturated rings. The fourth-order valence-electron chi connectivity index (χ4n) is 6.15. The van der Waals surface area contributed by atoms with Crippen molar-refractivity contribution < 1.29 is 32.3 Å². The van der Waals surface area contributed by atoms with Crippen LogP contribution in [0.25, 0.3) is 11.1 Å². The summed E-state index contributed by atoms with van der Waals surface area (Å²) >= 11 is 6.38. The molecule has 1 unspecified atom stereocenters. The summed E-state index contributed by atoms with van der Waals surface area (Å²) < 4.78 is 55.8. The number of carboxylic acid groups (broad SMARTS) is 1. The molecule has 2 aliphatic heterocycles. The quantitative estimate of drug-likeness (QED) is 0.353. The number of amides is 1. The van der Waals surface area contributed by atoms with Crippen LogP contribution >= 0.6 is 11.6 Å². The van der Waals surface area contributed by atoms with Gasteiger partial charge in [-0.2, -0.15) is 18.3 Å². The van der Waals surface area contributed by atoms with Crippen LogP contribution in [0.4, 0.5) is 28.9 Å². The molecule has 228 valence electrons. The number of aromatic carboxylic acids is 1. The van der Waals surface area contributed by atoms with Crippen molar-refractivity contribution in [2.24, 2.45) is 5.92 Å². The van der Waals surface area contributed by atoms with Crippen LogP contribution in [0.1, 0.15) is 41.4 Å². The highest BCUT2D eigenvalue weighted by atomic mass is 35.5.